The Kier molecular flexibility index (Phi) is 6.07. The van der Waals surface area contributed by atoms with Gasteiger partial charge in [0.25, 0.3) is 11.7 Å². The molecule has 1 aliphatic heterocycles. The molecule has 3 heterocycles. The number of aliphatic hydroxyl groups excluding tert-OH is 1. The maximum absolute atomic E-state index is 13.1. The first-order valence-electron chi connectivity index (χ1n) is 10.5. The highest BCUT2D eigenvalue weighted by Gasteiger charge is 2.47. The highest BCUT2D eigenvalue weighted by atomic mass is 16.5. The van der Waals surface area contributed by atoms with Gasteiger partial charge >= 0.3 is 0 Å². The van der Waals surface area contributed by atoms with Gasteiger partial charge in [-0.15, -0.1) is 0 Å². The normalized spacial score (nSPS) is 17.7. The van der Waals surface area contributed by atoms with Crippen molar-refractivity contribution in [3.8, 4) is 5.75 Å². The number of aromatic nitrogens is 1. The van der Waals surface area contributed by atoms with E-state index in [1.54, 1.807) is 61.8 Å². The van der Waals surface area contributed by atoms with Gasteiger partial charge in [0.1, 0.15) is 29.1 Å². The van der Waals surface area contributed by atoms with E-state index in [0.29, 0.717) is 29.4 Å². The van der Waals surface area contributed by atoms with Crippen molar-refractivity contribution in [2.45, 2.75) is 32.9 Å². The number of hydrogen-bond acceptors (Lipinski definition) is 6. The van der Waals surface area contributed by atoms with Crippen molar-refractivity contribution in [3.63, 3.8) is 0 Å². The quantitative estimate of drug-likeness (QED) is 0.338. The maximum Gasteiger partial charge on any atom is 0.296 e. The summed E-state index contributed by atoms with van der Waals surface area (Å²) in [5.74, 6) is -0.102. The minimum atomic E-state index is -0.857. The molecule has 3 aromatic rings. The summed E-state index contributed by atoms with van der Waals surface area (Å²) in [6.45, 7) is 4.47. The molecule has 32 heavy (non-hydrogen) atoms. The molecule has 7 nitrogen and oxygen atoms in total. The van der Waals surface area contributed by atoms with Crippen LogP contribution in [0.25, 0.3) is 5.76 Å². The Morgan fingerprint density at radius 3 is 2.72 bits per heavy atom. The van der Waals surface area contributed by atoms with Crippen molar-refractivity contribution < 1.29 is 23.8 Å². The van der Waals surface area contributed by atoms with E-state index in [9.17, 15) is 14.7 Å². The number of amides is 1. The first-order valence-corrected chi connectivity index (χ1v) is 10.5. The van der Waals surface area contributed by atoms with E-state index >= 15 is 0 Å². The molecule has 2 aromatic heterocycles. The zero-order valence-electron chi connectivity index (χ0n) is 17.9. The Balaban J connectivity index is 1.80. The Labute approximate surface area is 186 Å². The molecule has 4 rings (SSSR count). The summed E-state index contributed by atoms with van der Waals surface area (Å²) in [5, 5.41) is 11.2. The second-order valence-electron chi connectivity index (χ2n) is 7.61. The van der Waals surface area contributed by atoms with Crippen LogP contribution in [0.3, 0.4) is 0 Å². The number of ketones is 1. The number of aryl methyl sites for hydroxylation is 1. The number of nitrogens with zero attached hydrogens (tertiary/aromatic N) is 2. The van der Waals surface area contributed by atoms with Crippen LogP contribution >= 0.6 is 0 Å². The molecule has 1 unspecified atom stereocenters. The maximum atomic E-state index is 13.1. The Morgan fingerprint density at radius 1 is 1.19 bits per heavy atom. The van der Waals surface area contributed by atoms with Crippen molar-refractivity contribution in [3.05, 3.63) is 89.1 Å². The van der Waals surface area contributed by atoms with E-state index in [4.69, 9.17) is 9.15 Å². The Hall–Kier alpha value is -3.87. The summed E-state index contributed by atoms with van der Waals surface area (Å²) in [6.07, 6.45) is 4.12. The van der Waals surface area contributed by atoms with Crippen molar-refractivity contribution in [1.29, 1.82) is 0 Å². The van der Waals surface area contributed by atoms with E-state index in [2.05, 4.69) is 4.98 Å². The van der Waals surface area contributed by atoms with Crippen LogP contribution in [-0.2, 0) is 16.1 Å². The number of hydrogen-bond donors (Lipinski definition) is 1. The van der Waals surface area contributed by atoms with Gasteiger partial charge in [-0.1, -0.05) is 25.1 Å². The summed E-state index contributed by atoms with van der Waals surface area (Å²) >= 11 is 0. The molecule has 1 aromatic carbocycles. The molecule has 1 amide bonds. The van der Waals surface area contributed by atoms with Gasteiger partial charge in [0, 0.05) is 24.5 Å². The van der Waals surface area contributed by atoms with Gasteiger partial charge in [0.05, 0.1) is 12.2 Å². The summed E-state index contributed by atoms with van der Waals surface area (Å²) < 4.78 is 11.4. The van der Waals surface area contributed by atoms with Crippen molar-refractivity contribution >= 4 is 17.4 Å². The molecule has 164 valence electrons. The zero-order valence-corrected chi connectivity index (χ0v) is 17.9. The first kappa shape index (κ1) is 21.4. The Morgan fingerprint density at radius 2 is 2.03 bits per heavy atom. The van der Waals surface area contributed by atoms with Crippen LogP contribution < -0.4 is 4.74 Å². The third-order valence-corrected chi connectivity index (χ3v) is 5.23. The second kappa shape index (κ2) is 9.09. The van der Waals surface area contributed by atoms with Gasteiger partial charge in [-0.3, -0.25) is 14.6 Å². The van der Waals surface area contributed by atoms with Crippen molar-refractivity contribution in [1.82, 2.24) is 9.88 Å². The highest BCUT2D eigenvalue weighted by Crippen LogP contribution is 2.41. The molecule has 0 saturated carbocycles. The number of benzene rings is 1. The lowest BCUT2D eigenvalue weighted by atomic mass is 9.99. The fourth-order valence-corrected chi connectivity index (χ4v) is 3.74. The van der Waals surface area contributed by atoms with Crippen LogP contribution in [0.1, 0.15) is 42.0 Å². The number of aliphatic hydroxyl groups is 1. The molecule has 1 fully saturated rings. The smallest absolute Gasteiger partial charge is 0.296 e. The molecule has 1 aliphatic rings. The molecule has 0 spiro atoms. The van der Waals surface area contributed by atoms with Gasteiger partial charge in [0.2, 0.25) is 0 Å². The van der Waals surface area contributed by atoms with Crippen LogP contribution in [0.15, 0.2) is 70.9 Å². The third-order valence-electron chi connectivity index (χ3n) is 5.23. The van der Waals surface area contributed by atoms with E-state index < -0.39 is 17.7 Å². The van der Waals surface area contributed by atoms with Crippen molar-refractivity contribution in [2.24, 2.45) is 0 Å². The fraction of sp³-hybridized carbons (Fsp3) is 0.240. The molecular weight excluding hydrogens is 408 g/mol. The average molecular weight is 432 g/mol. The van der Waals surface area contributed by atoms with Crippen molar-refractivity contribution in [2.75, 3.05) is 6.61 Å². The summed E-state index contributed by atoms with van der Waals surface area (Å²) in [4.78, 5) is 31.6. The van der Waals surface area contributed by atoms with Gasteiger partial charge in [0.15, 0.2) is 0 Å². The van der Waals surface area contributed by atoms with Crippen LogP contribution in [-0.4, -0.2) is 33.3 Å². The number of pyridine rings is 1. The van der Waals surface area contributed by atoms with E-state index in [-0.39, 0.29) is 17.9 Å². The topological polar surface area (TPSA) is 92.9 Å². The lowest BCUT2D eigenvalue weighted by Gasteiger charge is -2.23. The lowest BCUT2D eigenvalue weighted by molar-refractivity contribution is -0.140. The van der Waals surface area contributed by atoms with Gasteiger partial charge in [-0.2, -0.15) is 0 Å². The number of furan rings is 1. The number of likely N-dealkylation sites (tertiary alicyclic amines) is 1. The molecule has 0 aliphatic carbocycles. The first-order chi connectivity index (χ1) is 15.5. The minimum Gasteiger partial charge on any atom is -0.507 e. The monoisotopic (exact) mass is 432 g/mol. The highest BCUT2D eigenvalue weighted by molar-refractivity contribution is 6.46. The number of carbonyl (C=O) groups excluding carboxylic acids is 2. The molecular formula is C25H24N2O5. The number of rotatable bonds is 7. The lowest BCUT2D eigenvalue weighted by Crippen LogP contribution is -2.29. The second-order valence-corrected chi connectivity index (χ2v) is 7.61. The van der Waals surface area contributed by atoms with Crippen LogP contribution in [0.2, 0.25) is 0 Å². The minimum absolute atomic E-state index is 0.0131. The van der Waals surface area contributed by atoms with Crippen LogP contribution in [0.4, 0.5) is 0 Å². The number of ether oxygens (including phenoxy) is 1. The molecule has 7 heteroatoms. The molecule has 0 bridgehead atoms. The molecule has 0 radical (unpaired) electrons. The van der Waals surface area contributed by atoms with E-state index in [1.807, 2.05) is 13.0 Å². The zero-order chi connectivity index (χ0) is 22.7. The molecule has 1 N–H and O–H groups in total. The number of carbonyl (C=O) groups is 2. The van der Waals surface area contributed by atoms with Gasteiger partial charge in [-0.25, -0.2) is 0 Å². The summed E-state index contributed by atoms with van der Waals surface area (Å²) in [7, 11) is 0. The standard InChI is InChI=1S/C25H24N2O5/c1-3-12-31-19-8-4-7-18(13-19)23(28)21-22(20-10-9-16(2)32-20)27(25(30)24(21)29)15-17-6-5-11-26-14-17/h4-11,13-14,22,28H,3,12,15H2,1-2H3. The van der Waals surface area contributed by atoms with Gasteiger partial charge < -0.3 is 19.2 Å². The predicted molar refractivity (Wildman–Crippen MR) is 118 cm³/mol. The summed E-state index contributed by atoms with van der Waals surface area (Å²) in [5.41, 5.74) is 1.14. The SMILES string of the molecule is CCCOc1cccc(C(O)=C2C(=O)C(=O)N(Cc3cccnc3)C2c2ccc(C)o2)c1. The predicted octanol–water partition coefficient (Wildman–Crippen LogP) is 4.39. The average Bonchev–Trinajstić information content (AvgIpc) is 3.34. The van der Waals surface area contributed by atoms with Gasteiger partial charge in [-0.05, 0) is 49.2 Å². The molecule has 1 atom stereocenters. The van der Waals surface area contributed by atoms with Crippen LogP contribution in [0, 0.1) is 6.92 Å². The largest absolute Gasteiger partial charge is 0.507 e. The summed E-state index contributed by atoms with van der Waals surface area (Å²) in [6, 6.07) is 13.1. The fourth-order valence-electron chi connectivity index (χ4n) is 3.74. The van der Waals surface area contributed by atoms with E-state index in [0.717, 1.165) is 12.0 Å². The van der Waals surface area contributed by atoms with E-state index in [1.165, 1.54) is 4.90 Å². The Bertz CT molecular complexity index is 1170. The van der Waals surface area contributed by atoms with Crippen LogP contribution in [0.5, 0.6) is 5.75 Å². The number of Topliss-reactive ketones (excluding diaryl/α,β-unsaturated/α-hetero) is 1. The molecule has 1 saturated heterocycles. The third kappa shape index (κ3) is 4.14.